The number of carbonyl (C=O) groups is 1. The Balaban J connectivity index is 1.55. The molecular formula is C29H26FN3O6S2. The van der Waals surface area contributed by atoms with Crippen molar-refractivity contribution in [2.24, 2.45) is 0 Å². The highest BCUT2D eigenvalue weighted by Crippen LogP contribution is 2.30. The van der Waals surface area contributed by atoms with Crippen LogP contribution in [0.4, 0.5) is 15.8 Å². The summed E-state index contributed by atoms with van der Waals surface area (Å²) in [6.07, 6.45) is 0.306. The van der Waals surface area contributed by atoms with Gasteiger partial charge in [-0.25, -0.2) is 17.5 Å². The number of anilines is 1. The Hall–Kier alpha value is -4.26. The van der Waals surface area contributed by atoms with Crippen molar-refractivity contribution in [2.75, 3.05) is 17.7 Å². The van der Waals surface area contributed by atoms with Gasteiger partial charge in [0.2, 0.25) is 0 Å². The lowest BCUT2D eigenvalue weighted by Crippen LogP contribution is -2.31. The van der Waals surface area contributed by atoms with E-state index >= 15 is 0 Å². The maximum Gasteiger partial charge on any atom is 0.293 e. The molecule has 212 valence electrons. The van der Waals surface area contributed by atoms with Crippen molar-refractivity contribution in [3.8, 4) is 11.1 Å². The van der Waals surface area contributed by atoms with Crippen molar-refractivity contribution < 1.29 is 27.6 Å². The summed E-state index contributed by atoms with van der Waals surface area (Å²) in [6.45, 7) is -0.154. The third kappa shape index (κ3) is 7.69. The number of nitrogens with one attached hydrogen (secondary N) is 2. The Labute approximate surface area is 240 Å². The number of halogens is 1. The molecule has 9 nitrogen and oxygen atoms in total. The highest BCUT2D eigenvalue weighted by Gasteiger charge is 2.26. The van der Waals surface area contributed by atoms with Gasteiger partial charge in [-0.3, -0.25) is 14.9 Å². The molecule has 12 heteroatoms. The monoisotopic (exact) mass is 595 g/mol. The minimum atomic E-state index is -4.51. The molecule has 4 aromatic rings. The number of hydrogen-bond donors (Lipinski definition) is 3. The largest absolute Gasteiger partial charge is 0.396 e. The van der Waals surface area contributed by atoms with Gasteiger partial charge >= 0.3 is 0 Å². The van der Waals surface area contributed by atoms with E-state index in [4.69, 9.17) is 0 Å². The SMILES string of the molecule is O=C(NS(=O)(=O)c1ccc(NC(CCO)CSc2ccccc2)c([N+](=O)[O-])c1)c1ccccc1-c1ccc(F)cc1. The number of benzene rings is 4. The molecule has 0 aliphatic carbocycles. The zero-order chi connectivity index (χ0) is 29.4. The first kappa shape index (κ1) is 29.7. The predicted octanol–water partition coefficient (Wildman–Crippen LogP) is 5.47. The van der Waals surface area contributed by atoms with Crippen LogP contribution in [0.3, 0.4) is 0 Å². The lowest BCUT2D eigenvalue weighted by atomic mass is 9.99. The Morgan fingerprint density at radius 1 is 0.976 bits per heavy atom. The molecule has 41 heavy (non-hydrogen) atoms. The average molecular weight is 596 g/mol. The number of amides is 1. The maximum atomic E-state index is 13.4. The number of sulfonamides is 1. The standard InChI is InChI=1S/C29H26FN3O6S2/c30-21-12-10-20(11-13-21)25-8-4-5-9-26(25)29(35)32-41(38,39)24-14-15-27(28(18-24)33(36)37)31-22(16-17-34)19-40-23-6-2-1-3-7-23/h1-15,18,22,31,34H,16-17,19H2,(H,32,35). The summed E-state index contributed by atoms with van der Waals surface area (Å²) in [5.74, 6) is -0.920. The molecule has 1 unspecified atom stereocenters. The summed E-state index contributed by atoms with van der Waals surface area (Å²) in [6, 6.07) is 24.1. The predicted molar refractivity (Wildman–Crippen MR) is 156 cm³/mol. The lowest BCUT2D eigenvalue weighted by molar-refractivity contribution is -0.384. The number of nitrogens with zero attached hydrogens (tertiary/aromatic N) is 1. The van der Waals surface area contributed by atoms with Crippen LogP contribution in [0.25, 0.3) is 11.1 Å². The summed E-state index contributed by atoms with van der Waals surface area (Å²) in [5.41, 5.74) is 0.490. The number of nitro groups is 1. The summed E-state index contributed by atoms with van der Waals surface area (Å²) in [5, 5.41) is 24.4. The Bertz CT molecular complexity index is 1630. The van der Waals surface area contributed by atoms with E-state index in [0.29, 0.717) is 23.3 Å². The van der Waals surface area contributed by atoms with Gasteiger partial charge in [0.1, 0.15) is 11.5 Å². The second-order valence-corrected chi connectivity index (χ2v) is 11.7. The Morgan fingerprint density at radius 2 is 1.66 bits per heavy atom. The first-order valence-corrected chi connectivity index (χ1v) is 14.9. The minimum Gasteiger partial charge on any atom is -0.396 e. The number of aliphatic hydroxyl groups is 1. The molecule has 0 saturated carbocycles. The summed E-state index contributed by atoms with van der Waals surface area (Å²) < 4.78 is 41.6. The normalized spacial score (nSPS) is 12.0. The highest BCUT2D eigenvalue weighted by molar-refractivity contribution is 7.99. The molecule has 0 aliphatic heterocycles. The summed E-state index contributed by atoms with van der Waals surface area (Å²) in [7, 11) is -4.51. The molecule has 1 atom stereocenters. The van der Waals surface area contributed by atoms with Crippen LogP contribution >= 0.6 is 11.8 Å². The van der Waals surface area contributed by atoms with Gasteiger partial charge in [0.05, 0.1) is 9.82 Å². The molecule has 4 aromatic carbocycles. The molecular weight excluding hydrogens is 569 g/mol. The van der Waals surface area contributed by atoms with Crippen molar-refractivity contribution >= 4 is 39.1 Å². The van der Waals surface area contributed by atoms with Crippen LogP contribution in [0, 0.1) is 15.9 Å². The molecule has 0 aliphatic rings. The van der Waals surface area contributed by atoms with Crippen LogP contribution in [0.15, 0.2) is 107 Å². The van der Waals surface area contributed by atoms with Crippen molar-refractivity contribution in [1.29, 1.82) is 0 Å². The van der Waals surface area contributed by atoms with Crippen LogP contribution < -0.4 is 10.0 Å². The van der Waals surface area contributed by atoms with Gasteiger partial charge in [0.15, 0.2) is 0 Å². The van der Waals surface area contributed by atoms with Crippen LogP contribution in [-0.2, 0) is 10.0 Å². The highest BCUT2D eigenvalue weighted by atomic mass is 32.2. The van der Waals surface area contributed by atoms with Gasteiger partial charge in [-0.05, 0) is 60.0 Å². The molecule has 0 saturated heterocycles. The van der Waals surface area contributed by atoms with Crippen molar-refractivity contribution in [2.45, 2.75) is 22.3 Å². The van der Waals surface area contributed by atoms with E-state index in [-0.39, 0.29) is 23.9 Å². The first-order valence-electron chi connectivity index (χ1n) is 12.4. The van der Waals surface area contributed by atoms with Gasteiger partial charge in [-0.1, -0.05) is 48.5 Å². The summed E-state index contributed by atoms with van der Waals surface area (Å²) in [4.78, 5) is 24.7. The first-order chi connectivity index (χ1) is 19.7. The van der Waals surface area contributed by atoms with E-state index in [0.717, 1.165) is 17.0 Å². The fraction of sp³-hybridized carbons (Fsp3) is 0.138. The number of hydrogen-bond acceptors (Lipinski definition) is 8. The number of thioether (sulfide) groups is 1. The molecule has 0 spiro atoms. The number of nitro benzene ring substituents is 1. The minimum absolute atomic E-state index is 0.0261. The number of aliphatic hydroxyl groups excluding tert-OH is 1. The zero-order valence-electron chi connectivity index (χ0n) is 21.6. The van der Waals surface area contributed by atoms with Gasteiger partial charge in [0.25, 0.3) is 21.6 Å². The molecule has 0 radical (unpaired) electrons. The third-order valence-electron chi connectivity index (χ3n) is 6.06. The van der Waals surface area contributed by atoms with Crippen LogP contribution in [0.2, 0.25) is 0 Å². The average Bonchev–Trinajstić information content (AvgIpc) is 2.96. The smallest absolute Gasteiger partial charge is 0.293 e. The number of carbonyl (C=O) groups excluding carboxylic acids is 1. The number of rotatable bonds is 12. The van der Waals surface area contributed by atoms with Gasteiger partial charge in [0, 0.05) is 34.9 Å². The fourth-order valence-corrected chi connectivity index (χ4v) is 6.02. The molecule has 1 amide bonds. The van der Waals surface area contributed by atoms with E-state index < -0.39 is 37.3 Å². The topological polar surface area (TPSA) is 139 Å². The van der Waals surface area contributed by atoms with Crippen molar-refractivity contribution in [1.82, 2.24) is 4.72 Å². The summed E-state index contributed by atoms with van der Waals surface area (Å²) >= 11 is 1.51. The quantitative estimate of drug-likeness (QED) is 0.111. The van der Waals surface area contributed by atoms with E-state index in [1.165, 1.54) is 48.2 Å². The Morgan fingerprint density at radius 3 is 2.34 bits per heavy atom. The van der Waals surface area contributed by atoms with Gasteiger partial charge in [-0.15, -0.1) is 11.8 Å². The second kappa shape index (κ2) is 13.4. The molecule has 3 N–H and O–H groups in total. The fourth-order valence-electron chi connectivity index (χ4n) is 4.04. The maximum absolute atomic E-state index is 13.4. The van der Waals surface area contributed by atoms with Gasteiger partial charge in [-0.2, -0.15) is 0 Å². The molecule has 0 aromatic heterocycles. The zero-order valence-corrected chi connectivity index (χ0v) is 23.2. The van der Waals surface area contributed by atoms with Crippen LogP contribution in [0.5, 0.6) is 0 Å². The lowest BCUT2D eigenvalue weighted by Gasteiger charge is -2.19. The Kier molecular flexibility index (Phi) is 9.71. The van der Waals surface area contributed by atoms with E-state index in [1.54, 1.807) is 18.2 Å². The van der Waals surface area contributed by atoms with Crippen molar-refractivity contribution in [3.63, 3.8) is 0 Å². The second-order valence-electron chi connectivity index (χ2n) is 8.90. The van der Waals surface area contributed by atoms with E-state index in [2.05, 4.69) is 5.32 Å². The molecule has 4 rings (SSSR count). The van der Waals surface area contributed by atoms with Gasteiger partial charge < -0.3 is 10.4 Å². The molecule has 0 fully saturated rings. The van der Waals surface area contributed by atoms with E-state index in [9.17, 15) is 32.8 Å². The molecule has 0 bridgehead atoms. The van der Waals surface area contributed by atoms with E-state index in [1.807, 2.05) is 35.1 Å². The van der Waals surface area contributed by atoms with Crippen LogP contribution in [-0.4, -0.2) is 42.8 Å². The van der Waals surface area contributed by atoms with Crippen LogP contribution in [0.1, 0.15) is 16.8 Å². The third-order valence-corrected chi connectivity index (χ3v) is 8.56. The van der Waals surface area contributed by atoms with Crippen molar-refractivity contribution in [3.05, 3.63) is 119 Å². The molecule has 0 heterocycles.